The number of aromatic nitrogens is 2. The van der Waals surface area contributed by atoms with E-state index in [2.05, 4.69) is 30.3 Å². The monoisotopic (exact) mass is 279 g/mol. The Balaban J connectivity index is 2.15. The van der Waals surface area contributed by atoms with Crippen molar-refractivity contribution in [3.8, 4) is 0 Å². The fraction of sp³-hybridized carbons (Fsp3) is 0.824. The average molecular weight is 279 g/mol. The molecule has 1 aromatic heterocycles. The highest BCUT2D eigenvalue weighted by Gasteiger charge is 2.09. The summed E-state index contributed by atoms with van der Waals surface area (Å²) >= 11 is 0. The van der Waals surface area contributed by atoms with E-state index < -0.39 is 0 Å². The van der Waals surface area contributed by atoms with Gasteiger partial charge in [0.25, 0.3) is 0 Å². The van der Waals surface area contributed by atoms with E-state index in [0.29, 0.717) is 6.04 Å². The van der Waals surface area contributed by atoms with Crippen molar-refractivity contribution in [2.45, 2.75) is 77.7 Å². The number of likely N-dealkylation sites (N-methyl/N-ethyl adjacent to an activating group) is 1. The molecule has 0 amide bonds. The summed E-state index contributed by atoms with van der Waals surface area (Å²) in [5.41, 5.74) is 1.21. The van der Waals surface area contributed by atoms with Gasteiger partial charge in [0.15, 0.2) is 0 Å². The maximum Gasteiger partial charge on any atom is 0.0639 e. The van der Waals surface area contributed by atoms with Crippen molar-refractivity contribution in [1.29, 1.82) is 0 Å². The molecule has 3 heteroatoms. The Morgan fingerprint density at radius 3 is 2.40 bits per heavy atom. The fourth-order valence-electron chi connectivity index (χ4n) is 2.74. The second-order valence-corrected chi connectivity index (χ2v) is 5.85. The zero-order chi connectivity index (χ0) is 14.6. The van der Waals surface area contributed by atoms with Gasteiger partial charge in [0, 0.05) is 25.7 Å². The highest BCUT2D eigenvalue weighted by atomic mass is 15.2. The molecule has 0 spiro atoms. The van der Waals surface area contributed by atoms with Crippen LogP contribution in [0.2, 0.25) is 0 Å². The quantitative estimate of drug-likeness (QED) is 0.584. The van der Waals surface area contributed by atoms with E-state index in [0.717, 1.165) is 13.0 Å². The number of nitrogens with zero attached hydrogens (tertiary/aromatic N) is 2. The molecule has 1 unspecified atom stereocenters. The Labute approximate surface area is 125 Å². The Morgan fingerprint density at radius 1 is 1.10 bits per heavy atom. The first-order chi connectivity index (χ1) is 9.76. The average Bonchev–Trinajstić information content (AvgIpc) is 2.83. The van der Waals surface area contributed by atoms with E-state index in [1.165, 1.54) is 57.1 Å². The third kappa shape index (κ3) is 7.68. The molecule has 0 saturated heterocycles. The van der Waals surface area contributed by atoms with Crippen molar-refractivity contribution in [3.05, 3.63) is 18.0 Å². The predicted octanol–water partition coefficient (Wildman–Crippen LogP) is 4.08. The SMILES string of the molecule is CCCCCCCCCC(Cc1ccn(C)n1)NCC. The van der Waals surface area contributed by atoms with E-state index in [9.17, 15) is 0 Å². The van der Waals surface area contributed by atoms with Crippen LogP contribution in [-0.4, -0.2) is 22.4 Å². The van der Waals surface area contributed by atoms with Crippen LogP contribution in [0, 0.1) is 0 Å². The molecule has 20 heavy (non-hydrogen) atoms. The Morgan fingerprint density at radius 2 is 1.80 bits per heavy atom. The summed E-state index contributed by atoms with van der Waals surface area (Å²) < 4.78 is 1.89. The van der Waals surface area contributed by atoms with Gasteiger partial charge >= 0.3 is 0 Å². The van der Waals surface area contributed by atoms with Crippen molar-refractivity contribution in [1.82, 2.24) is 15.1 Å². The highest BCUT2D eigenvalue weighted by molar-refractivity contribution is 5.01. The van der Waals surface area contributed by atoms with Crippen molar-refractivity contribution >= 4 is 0 Å². The predicted molar refractivity (Wildman–Crippen MR) is 87.0 cm³/mol. The Bertz CT molecular complexity index is 333. The van der Waals surface area contributed by atoms with Gasteiger partial charge in [-0.25, -0.2) is 0 Å². The van der Waals surface area contributed by atoms with Crippen molar-refractivity contribution in [3.63, 3.8) is 0 Å². The summed E-state index contributed by atoms with van der Waals surface area (Å²) in [6, 6.07) is 2.72. The number of hydrogen-bond acceptors (Lipinski definition) is 2. The van der Waals surface area contributed by atoms with Crippen LogP contribution in [0.15, 0.2) is 12.3 Å². The molecule has 1 atom stereocenters. The Hall–Kier alpha value is -0.830. The van der Waals surface area contributed by atoms with Gasteiger partial charge in [0.2, 0.25) is 0 Å². The summed E-state index contributed by atoms with van der Waals surface area (Å²) in [5.74, 6) is 0. The molecule has 0 radical (unpaired) electrons. The van der Waals surface area contributed by atoms with Crippen LogP contribution in [0.4, 0.5) is 0 Å². The van der Waals surface area contributed by atoms with E-state index in [-0.39, 0.29) is 0 Å². The maximum absolute atomic E-state index is 4.49. The topological polar surface area (TPSA) is 29.9 Å². The standard InChI is InChI=1S/C17H33N3/c1-4-6-7-8-9-10-11-12-16(18-5-2)15-17-13-14-20(3)19-17/h13-14,16,18H,4-12,15H2,1-3H3. The number of unbranched alkanes of at least 4 members (excludes halogenated alkanes) is 6. The van der Waals surface area contributed by atoms with Crippen molar-refractivity contribution < 1.29 is 0 Å². The largest absolute Gasteiger partial charge is 0.314 e. The molecule has 0 bridgehead atoms. The van der Waals surface area contributed by atoms with Crippen molar-refractivity contribution in [2.24, 2.45) is 7.05 Å². The first-order valence-electron chi connectivity index (χ1n) is 8.48. The van der Waals surface area contributed by atoms with E-state index in [1.54, 1.807) is 0 Å². The summed E-state index contributed by atoms with van der Waals surface area (Å²) in [7, 11) is 1.99. The molecule has 0 aliphatic heterocycles. The van der Waals surface area contributed by atoms with Gasteiger partial charge in [-0.1, -0.05) is 58.8 Å². The number of nitrogens with one attached hydrogen (secondary N) is 1. The third-order valence-electron chi connectivity index (χ3n) is 3.87. The fourth-order valence-corrected chi connectivity index (χ4v) is 2.74. The first kappa shape index (κ1) is 17.2. The van der Waals surface area contributed by atoms with Gasteiger partial charge in [-0.3, -0.25) is 4.68 Å². The van der Waals surface area contributed by atoms with Crippen LogP contribution in [0.3, 0.4) is 0 Å². The normalized spacial score (nSPS) is 12.8. The minimum atomic E-state index is 0.588. The molecule has 0 fully saturated rings. The summed E-state index contributed by atoms with van der Waals surface area (Å²) in [6.07, 6.45) is 14.1. The van der Waals surface area contributed by atoms with Crippen LogP contribution >= 0.6 is 0 Å². The van der Waals surface area contributed by atoms with Crippen LogP contribution in [-0.2, 0) is 13.5 Å². The second-order valence-electron chi connectivity index (χ2n) is 5.85. The van der Waals surface area contributed by atoms with Gasteiger partial charge in [0.1, 0.15) is 0 Å². The lowest BCUT2D eigenvalue weighted by Crippen LogP contribution is -2.31. The minimum Gasteiger partial charge on any atom is -0.314 e. The zero-order valence-electron chi connectivity index (χ0n) is 13.7. The van der Waals surface area contributed by atoms with E-state index in [4.69, 9.17) is 0 Å². The van der Waals surface area contributed by atoms with Crippen LogP contribution in [0.5, 0.6) is 0 Å². The summed E-state index contributed by atoms with van der Waals surface area (Å²) in [6.45, 7) is 5.52. The molecule has 1 rings (SSSR count). The Kier molecular flexibility index (Phi) is 9.38. The molecule has 0 saturated carbocycles. The molecule has 0 aliphatic rings. The minimum absolute atomic E-state index is 0.588. The smallest absolute Gasteiger partial charge is 0.0639 e. The third-order valence-corrected chi connectivity index (χ3v) is 3.87. The molecule has 3 nitrogen and oxygen atoms in total. The second kappa shape index (κ2) is 10.9. The van der Waals surface area contributed by atoms with Gasteiger partial charge in [-0.05, 0) is 19.0 Å². The number of rotatable bonds is 12. The highest BCUT2D eigenvalue weighted by Crippen LogP contribution is 2.12. The van der Waals surface area contributed by atoms with Crippen LogP contribution in [0.25, 0.3) is 0 Å². The van der Waals surface area contributed by atoms with E-state index in [1.807, 2.05) is 17.9 Å². The number of aryl methyl sites for hydroxylation is 1. The van der Waals surface area contributed by atoms with Gasteiger partial charge in [-0.2, -0.15) is 5.10 Å². The summed E-state index contributed by atoms with van der Waals surface area (Å²) in [5, 5.41) is 8.09. The lowest BCUT2D eigenvalue weighted by atomic mass is 10.0. The molecule has 1 aromatic rings. The lowest BCUT2D eigenvalue weighted by molar-refractivity contribution is 0.454. The molecule has 0 aromatic carbocycles. The first-order valence-corrected chi connectivity index (χ1v) is 8.48. The molecule has 1 heterocycles. The van der Waals surface area contributed by atoms with Crippen LogP contribution < -0.4 is 5.32 Å². The maximum atomic E-state index is 4.49. The molecular formula is C17H33N3. The molecule has 0 aliphatic carbocycles. The molecular weight excluding hydrogens is 246 g/mol. The van der Waals surface area contributed by atoms with Crippen molar-refractivity contribution in [2.75, 3.05) is 6.54 Å². The van der Waals surface area contributed by atoms with Gasteiger partial charge < -0.3 is 5.32 Å². The summed E-state index contributed by atoms with van der Waals surface area (Å²) in [4.78, 5) is 0. The van der Waals surface area contributed by atoms with Gasteiger partial charge in [-0.15, -0.1) is 0 Å². The van der Waals surface area contributed by atoms with E-state index >= 15 is 0 Å². The van der Waals surface area contributed by atoms with Gasteiger partial charge in [0.05, 0.1) is 5.69 Å². The van der Waals surface area contributed by atoms with Crippen LogP contribution in [0.1, 0.15) is 70.9 Å². The zero-order valence-corrected chi connectivity index (χ0v) is 13.7. The molecule has 1 N–H and O–H groups in total. The number of hydrogen-bond donors (Lipinski definition) is 1. The lowest BCUT2D eigenvalue weighted by Gasteiger charge is -2.16. The molecule has 116 valence electrons.